The molecule has 0 saturated heterocycles. The van der Waals surface area contributed by atoms with Crippen LogP contribution in [0.2, 0.25) is 0 Å². The first-order valence-electron chi connectivity index (χ1n) is 6.75. The zero-order valence-electron chi connectivity index (χ0n) is 11.6. The molecule has 0 spiro atoms. The van der Waals surface area contributed by atoms with Crippen molar-refractivity contribution < 1.29 is 8.42 Å². The molecule has 1 unspecified atom stereocenters. The van der Waals surface area contributed by atoms with Crippen molar-refractivity contribution >= 4 is 9.84 Å². The number of unbranched alkanes of at least 4 members (excludes halogenated alkanes) is 1. The molecular formula is C15H24O2S. The first kappa shape index (κ1) is 15.2. The SMILES string of the molecule is CCCCC(C)CCS(=O)(=O)c1ccc(C)cc1. The van der Waals surface area contributed by atoms with Crippen molar-refractivity contribution in [3.8, 4) is 0 Å². The first-order valence-corrected chi connectivity index (χ1v) is 8.40. The van der Waals surface area contributed by atoms with Gasteiger partial charge in [0, 0.05) is 0 Å². The Labute approximate surface area is 111 Å². The Morgan fingerprint density at radius 3 is 2.28 bits per heavy atom. The maximum atomic E-state index is 12.1. The van der Waals surface area contributed by atoms with Crippen LogP contribution in [0.25, 0.3) is 0 Å². The molecule has 1 aromatic carbocycles. The quantitative estimate of drug-likeness (QED) is 0.749. The van der Waals surface area contributed by atoms with Crippen LogP contribution in [0.5, 0.6) is 0 Å². The van der Waals surface area contributed by atoms with Crippen LogP contribution in [-0.2, 0) is 9.84 Å². The van der Waals surface area contributed by atoms with E-state index in [4.69, 9.17) is 0 Å². The summed E-state index contributed by atoms with van der Waals surface area (Å²) >= 11 is 0. The molecule has 0 bridgehead atoms. The van der Waals surface area contributed by atoms with E-state index >= 15 is 0 Å². The lowest BCUT2D eigenvalue weighted by Gasteiger charge is -2.11. The predicted octanol–water partition coefficient (Wildman–Crippen LogP) is 3.99. The highest BCUT2D eigenvalue weighted by molar-refractivity contribution is 7.91. The Morgan fingerprint density at radius 2 is 1.72 bits per heavy atom. The second kappa shape index (κ2) is 6.93. The zero-order valence-corrected chi connectivity index (χ0v) is 12.5. The number of sulfone groups is 1. The minimum absolute atomic E-state index is 0.265. The van der Waals surface area contributed by atoms with Crippen molar-refractivity contribution in [3.63, 3.8) is 0 Å². The molecular weight excluding hydrogens is 244 g/mol. The van der Waals surface area contributed by atoms with Crippen molar-refractivity contribution in [3.05, 3.63) is 29.8 Å². The van der Waals surface area contributed by atoms with Crippen LogP contribution in [0, 0.1) is 12.8 Å². The number of rotatable bonds is 7. The molecule has 0 aromatic heterocycles. The van der Waals surface area contributed by atoms with Gasteiger partial charge in [-0.2, -0.15) is 0 Å². The Hall–Kier alpha value is -0.830. The summed E-state index contributed by atoms with van der Waals surface area (Å²) in [5, 5.41) is 0. The van der Waals surface area contributed by atoms with Crippen molar-refractivity contribution in [2.45, 2.75) is 51.3 Å². The van der Waals surface area contributed by atoms with E-state index in [1.165, 1.54) is 12.8 Å². The van der Waals surface area contributed by atoms with Gasteiger partial charge in [-0.15, -0.1) is 0 Å². The van der Waals surface area contributed by atoms with Crippen molar-refractivity contribution in [1.29, 1.82) is 0 Å². The van der Waals surface area contributed by atoms with Gasteiger partial charge in [-0.3, -0.25) is 0 Å². The highest BCUT2D eigenvalue weighted by Crippen LogP contribution is 2.17. The Balaban J connectivity index is 2.57. The smallest absolute Gasteiger partial charge is 0.178 e. The molecule has 2 nitrogen and oxygen atoms in total. The van der Waals surface area contributed by atoms with Crippen LogP contribution >= 0.6 is 0 Å². The minimum Gasteiger partial charge on any atom is -0.224 e. The molecule has 1 rings (SSSR count). The second-order valence-corrected chi connectivity index (χ2v) is 7.28. The van der Waals surface area contributed by atoms with E-state index < -0.39 is 9.84 Å². The Bertz CT molecular complexity index is 446. The highest BCUT2D eigenvalue weighted by Gasteiger charge is 2.15. The third-order valence-corrected chi connectivity index (χ3v) is 5.07. The van der Waals surface area contributed by atoms with E-state index in [0.717, 1.165) is 18.4 Å². The van der Waals surface area contributed by atoms with E-state index in [9.17, 15) is 8.42 Å². The maximum absolute atomic E-state index is 12.1. The van der Waals surface area contributed by atoms with Crippen LogP contribution < -0.4 is 0 Å². The first-order chi connectivity index (χ1) is 8.45. The molecule has 18 heavy (non-hydrogen) atoms. The number of benzene rings is 1. The van der Waals surface area contributed by atoms with Gasteiger partial charge in [0.05, 0.1) is 10.6 Å². The van der Waals surface area contributed by atoms with Gasteiger partial charge < -0.3 is 0 Å². The molecule has 102 valence electrons. The third-order valence-electron chi connectivity index (χ3n) is 3.31. The largest absolute Gasteiger partial charge is 0.224 e. The summed E-state index contributed by atoms with van der Waals surface area (Å²) in [5.41, 5.74) is 1.09. The number of hydrogen-bond donors (Lipinski definition) is 0. The normalized spacial score (nSPS) is 13.5. The van der Waals surface area contributed by atoms with Crippen LogP contribution in [0.4, 0.5) is 0 Å². The van der Waals surface area contributed by atoms with E-state index in [0.29, 0.717) is 10.8 Å². The number of hydrogen-bond acceptors (Lipinski definition) is 2. The Kier molecular flexibility index (Phi) is 5.86. The predicted molar refractivity (Wildman–Crippen MR) is 76.5 cm³/mol. The van der Waals surface area contributed by atoms with Gasteiger partial charge in [-0.05, 0) is 31.4 Å². The van der Waals surface area contributed by atoms with Gasteiger partial charge in [-0.25, -0.2) is 8.42 Å². The lowest BCUT2D eigenvalue weighted by Crippen LogP contribution is -2.10. The monoisotopic (exact) mass is 268 g/mol. The van der Waals surface area contributed by atoms with Gasteiger partial charge in [0.2, 0.25) is 0 Å². The summed E-state index contributed by atoms with van der Waals surface area (Å²) in [7, 11) is -3.10. The summed E-state index contributed by atoms with van der Waals surface area (Å²) in [6.45, 7) is 6.26. The average Bonchev–Trinajstić information content (AvgIpc) is 2.34. The maximum Gasteiger partial charge on any atom is 0.178 e. The summed E-state index contributed by atoms with van der Waals surface area (Å²) in [5.74, 6) is 0.756. The van der Waals surface area contributed by atoms with Crippen LogP contribution in [-0.4, -0.2) is 14.2 Å². The standard InChI is InChI=1S/C15H24O2S/c1-4-5-6-13(2)11-12-18(16,17)15-9-7-14(3)8-10-15/h7-10,13H,4-6,11-12H2,1-3H3. The molecule has 0 aliphatic carbocycles. The summed E-state index contributed by atoms with van der Waals surface area (Å²) in [6.07, 6.45) is 4.25. The molecule has 1 atom stereocenters. The van der Waals surface area contributed by atoms with Gasteiger partial charge in [0.1, 0.15) is 0 Å². The van der Waals surface area contributed by atoms with Crippen LogP contribution in [0.3, 0.4) is 0 Å². The van der Waals surface area contributed by atoms with Gasteiger partial charge in [0.15, 0.2) is 9.84 Å². The van der Waals surface area contributed by atoms with E-state index in [1.807, 2.05) is 19.1 Å². The van der Waals surface area contributed by atoms with Crippen molar-refractivity contribution in [1.82, 2.24) is 0 Å². The molecule has 0 heterocycles. The summed E-state index contributed by atoms with van der Waals surface area (Å²) in [6, 6.07) is 7.13. The lowest BCUT2D eigenvalue weighted by atomic mass is 10.0. The number of aryl methyl sites for hydroxylation is 1. The van der Waals surface area contributed by atoms with Gasteiger partial charge >= 0.3 is 0 Å². The van der Waals surface area contributed by atoms with E-state index in [2.05, 4.69) is 13.8 Å². The summed E-state index contributed by atoms with van der Waals surface area (Å²) < 4.78 is 24.2. The second-order valence-electron chi connectivity index (χ2n) is 5.17. The molecule has 0 saturated carbocycles. The third kappa shape index (κ3) is 4.81. The minimum atomic E-state index is -3.10. The topological polar surface area (TPSA) is 34.1 Å². The van der Waals surface area contributed by atoms with Crippen LogP contribution in [0.15, 0.2) is 29.2 Å². The zero-order chi connectivity index (χ0) is 13.6. The molecule has 0 radical (unpaired) electrons. The van der Waals surface area contributed by atoms with Crippen LogP contribution in [0.1, 0.15) is 45.1 Å². The molecule has 0 amide bonds. The molecule has 1 aromatic rings. The summed E-state index contributed by atoms with van der Waals surface area (Å²) in [4.78, 5) is 0.454. The fourth-order valence-electron chi connectivity index (χ4n) is 1.92. The van der Waals surface area contributed by atoms with E-state index in [-0.39, 0.29) is 5.75 Å². The molecule has 0 N–H and O–H groups in total. The fraction of sp³-hybridized carbons (Fsp3) is 0.600. The molecule has 0 aliphatic rings. The van der Waals surface area contributed by atoms with Gasteiger partial charge in [0.25, 0.3) is 0 Å². The fourth-order valence-corrected chi connectivity index (χ4v) is 3.42. The lowest BCUT2D eigenvalue weighted by molar-refractivity contribution is 0.488. The van der Waals surface area contributed by atoms with Crippen molar-refractivity contribution in [2.24, 2.45) is 5.92 Å². The van der Waals surface area contributed by atoms with Crippen molar-refractivity contribution in [2.75, 3.05) is 5.75 Å². The molecule has 0 aliphatic heterocycles. The molecule has 3 heteroatoms. The van der Waals surface area contributed by atoms with Gasteiger partial charge in [-0.1, -0.05) is 50.8 Å². The van der Waals surface area contributed by atoms with E-state index in [1.54, 1.807) is 12.1 Å². The molecule has 0 fully saturated rings. The average molecular weight is 268 g/mol. The Morgan fingerprint density at radius 1 is 1.11 bits per heavy atom. The highest BCUT2D eigenvalue weighted by atomic mass is 32.2.